The Bertz CT molecular complexity index is 1210. The molecule has 0 saturated heterocycles. The van der Waals surface area contributed by atoms with Crippen LogP contribution in [0.1, 0.15) is 38.1 Å². The van der Waals surface area contributed by atoms with E-state index in [2.05, 4.69) is 0 Å². The van der Waals surface area contributed by atoms with Crippen molar-refractivity contribution in [2.24, 2.45) is 0 Å². The van der Waals surface area contributed by atoms with E-state index in [1.165, 1.54) is 31.4 Å². The first kappa shape index (κ1) is 21.9. The fourth-order valence-electron chi connectivity index (χ4n) is 3.78. The Hall–Kier alpha value is -4.33. The van der Waals surface area contributed by atoms with Gasteiger partial charge in [-0.2, -0.15) is 0 Å². The summed E-state index contributed by atoms with van der Waals surface area (Å²) in [7, 11) is 2.83. The van der Waals surface area contributed by atoms with Gasteiger partial charge in [-0.15, -0.1) is 0 Å². The molecule has 1 atom stereocenters. The van der Waals surface area contributed by atoms with Crippen LogP contribution in [0.5, 0.6) is 5.75 Å². The molecule has 2 aromatic carbocycles. The molecular weight excluding hydrogens is 426 g/mol. The van der Waals surface area contributed by atoms with Crippen LogP contribution in [0.15, 0.2) is 82.7 Å². The zero-order chi connectivity index (χ0) is 23.5. The van der Waals surface area contributed by atoms with Gasteiger partial charge in [-0.25, -0.2) is 4.79 Å². The van der Waals surface area contributed by atoms with Crippen molar-refractivity contribution in [1.29, 1.82) is 0 Å². The van der Waals surface area contributed by atoms with Crippen molar-refractivity contribution < 1.29 is 33.4 Å². The zero-order valence-electron chi connectivity index (χ0n) is 18.0. The lowest BCUT2D eigenvalue weighted by Crippen LogP contribution is -2.30. The van der Waals surface area contributed by atoms with Crippen molar-refractivity contribution in [2.45, 2.75) is 12.6 Å². The minimum Gasteiger partial charge on any atom is -0.503 e. The number of hydrogen-bond donors (Lipinski definition) is 1. The van der Waals surface area contributed by atoms with Crippen LogP contribution < -0.4 is 4.74 Å². The van der Waals surface area contributed by atoms with Gasteiger partial charge in [0.15, 0.2) is 11.5 Å². The third kappa shape index (κ3) is 4.10. The highest BCUT2D eigenvalue weighted by molar-refractivity contribution is 6.15. The van der Waals surface area contributed by atoms with E-state index in [0.29, 0.717) is 22.4 Å². The Balaban J connectivity index is 1.72. The summed E-state index contributed by atoms with van der Waals surface area (Å²) in [6.45, 7) is 0.0932. The van der Waals surface area contributed by atoms with Crippen LogP contribution in [0.2, 0.25) is 0 Å². The van der Waals surface area contributed by atoms with E-state index in [0.717, 1.165) is 0 Å². The van der Waals surface area contributed by atoms with Crippen molar-refractivity contribution in [3.05, 3.63) is 101 Å². The van der Waals surface area contributed by atoms with E-state index in [4.69, 9.17) is 13.9 Å². The minimum absolute atomic E-state index is 0.0205. The Morgan fingerprint density at radius 1 is 1.03 bits per heavy atom. The topological polar surface area (TPSA) is 106 Å². The number of benzene rings is 2. The monoisotopic (exact) mass is 447 g/mol. The molecule has 1 amide bonds. The molecule has 0 fully saturated rings. The van der Waals surface area contributed by atoms with Crippen LogP contribution in [0.3, 0.4) is 0 Å². The number of aliphatic hydroxyl groups is 1. The van der Waals surface area contributed by atoms with E-state index in [9.17, 15) is 19.5 Å². The normalized spacial score (nSPS) is 15.6. The maximum absolute atomic E-state index is 13.2. The molecule has 0 spiro atoms. The van der Waals surface area contributed by atoms with E-state index < -0.39 is 29.5 Å². The highest BCUT2D eigenvalue weighted by Crippen LogP contribution is 2.40. The number of carbonyl (C=O) groups is 3. The summed E-state index contributed by atoms with van der Waals surface area (Å²) in [6.07, 6.45) is 1.35. The molecule has 33 heavy (non-hydrogen) atoms. The quantitative estimate of drug-likeness (QED) is 0.433. The molecule has 0 saturated carbocycles. The third-order valence-corrected chi connectivity index (χ3v) is 5.45. The number of methoxy groups -OCH3 is 2. The Kier molecular flexibility index (Phi) is 5.99. The van der Waals surface area contributed by atoms with Gasteiger partial charge >= 0.3 is 5.97 Å². The number of carbonyl (C=O) groups excluding carboxylic acids is 3. The molecule has 0 radical (unpaired) electrons. The highest BCUT2D eigenvalue weighted by atomic mass is 16.5. The van der Waals surface area contributed by atoms with Crippen molar-refractivity contribution >= 4 is 17.7 Å². The molecule has 1 aliphatic rings. The number of hydrogen-bond acceptors (Lipinski definition) is 7. The zero-order valence-corrected chi connectivity index (χ0v) is 18.0. The SMILES string of the molecule is COC(=O)c1ccc(CN2C(=O)C(O)=C(C(=O)c3ccco3)C2c2ccc(OC)cc2)cc1. The predicted octanol–water partition coefficient (Wildman–Crippen LogP) is 3.85. The molecule has 4 rings (SSSR count). The van der Waals surface area contributed by atoms with Crippen LogP contribution in [-0.2, 0) is 16.1 Å². The Morgan fingerprint density at radius 2 is 1.73 bits per heavy atom. The number of rotatable bonds is 7. The number of Topliss-reactive ketones (excluding diaryl/α,β-unsaturated/α-hetero) is 1. The summed E-state index contributed by atoms with van der Waals surface area (Å²) in [6, 6.07) is 15.6. The molecule has 3 aromatic rings. The molecule has 1 N–H and O–H groups in total. The first-order valence-corrected chi connectivity index (χ1v) is 10.1. The maximum Gasteiger partial charge on any atom is 0.337 e. The van der Waals surface area contributed by atoms with E-state index in [1.54, 1.807) is 54.6 Å². The predicted molar refractivity (Wildman–Crippen MR) is 117 cm³/mol. The number of aliphatic hydroxyl groups excluding tert-OH is 1. The van der Waals surface area contributed by atoms with Crippen molar-refractivity contribution in [3.8, 4) is 5.75 Å². The molecule has 1 aliphatic heterocycles. The van der Waals surface area contributed by atoms with Gasteiger partial charge in [0.25, 0.3) is 5.91 Å². The Morgan fingerprint density at radius 3 is 2.30 bits per heavy atom. The molecule has 2 heterocycles. The van der Waals surface area contributed by atoms with Crippen LogP contribution in [0.25, 0.3) is 0 Å². The number of furan rings is 1. The van der Waals surface area contributed by atoms with Gasteiger partial charge in [-0.1, -0.05) is 24.3 Å². The molecule has 0 aliphatic carbocycles. The lowest BCUT2D eigenvalue weighted by molar-refractivity contribution is -0.130. The second kappa shape index (κ2) is 9.04. The summed E-state index contributed by atoms with van der Waals surface area (Å²) in [5.74, 6) is -1.71. The lowest BCUT2D eigenvalue weighted by atomic mass is 9.94. The fourth-order valence-corrected chi connectivity index (χ4v) is 3.78. The average molecular weight is 447 g/mol. The van der Waals surface area contributed by atoms with Crippen LogP contribution >= 0.6 is 0 Å². The van der Waals surface area contributed by atoms with Gasteiger partial charge in [0.05, 0.1) is 37.7 Å². The van der Waals surface area contributed by atoms with Crippen molar-refractivity contribution in [2.75, 3.05) is 14.2 Å². The van der Waals surface area contributed by atoms with E-state index >= 15 is 0 Å². The molecule has 168 valence electrons. The fraction of sp³-hybridized carbons (Fsp3) is 0.160. The molecule has 1 aromatic heterocycles. The summed E-state index contributed by atoms with van der Waals surface area (Å²) < 4.78 is 15.1. The summed E-state index contributed by atoms with van der Waals surface area (Å²) in [5, 5.41) is 10.7. The van der Waals surface area contributed by atoms with Gasteiger partial charge in [-0.3, -0.25) is 9.59 Å². The number of esters is 1. The van der Waals surface area contributed by atoms with E-state index in [1.807, 2.05) is 0 Å². The van der Waals surface area contributed by atoms with Gasteiger partial charge in [0.2, 0.25) is 5.78 Å². The second-order valence-electron chi connectivity index (χ2n) is 7.37. The number of nitrogens with zero attached hydrogens (tertiary/aromatic N) is 1. The Labute approximate surface area is 189 Å². The summed E-state index contributed by atoms with van der Waals surface area (Å²) in [5.41, 5.74) is 1.63. The summed E-state index contributed by atoms with van der Waals surface area (Å²) in [4.78, 5) is 39.3. The van der Waals surface area contributed by atoms with Crippen LogP contribution in [0.4, 0.5) is 0 Å². The van der Waals surface area contributed by atoms with Crippen molar-refractivity contribution in [3.63, 3.8) is 0 Å². The number of ether oxygens (including phenoxy) is 2. The number of ketones is 1. The highest BCUT2D eigenvalue weighted by Gasteiger charge is 2.44. The number of amides is 1. The minimum atomic E-state index is -0.846. The van der Waals surface area contributed by atoms with Gasteiger partial charge in [-0.05, 0) is 47.5 Å². The molecule has 8 nitrogen and oxygen atoms in total. The van der Waals surface area contributed by atoms with E-state index in [-0.39, 0.29) is 17.9 Å². The maximum atomic E-state index is 13.2. The van der Waals surface area contributed by atoms with Crippen LogP contribution in [-0.4, -0.2) is 41.9 Å². The summed E-state index contributed by atoms with van der Waals surface area (Å²) >= 11 is 0. The molecule has 0 bridgehead atoms. The third-order valence-electron chi connectivity index (χ3n) is 5.45. The van der Waals surface area contributed by atoms with Gasteiger partial charge in [0.1, 0.15) is 5.75 Å². The smallest absolute Gasteiger partial charge is 0.337 e. The van der Waals surface area contributed by atoms with Gasteiger partial charge in [0, 0.05) is 6.54 Å². The van der Waals surface area contributed by atoms with Crippen molar-refractivity contribution in [1.82, 2.24) is 4.90 Å². The molecule has 8 heteroatoms. The molecule has 1 unspecified atom stereocenters. The second-order valence-corrected chi connectivity index (χ2v) is 7.37. The standard InChI is InChI=1S/C25H21NO7/c1-31-18-11-9-16(10-12-18)21-20(22(27)19-4-3-13-33-19)23(28)24(29)26(21)14-15-5-7-17(8-6-15)25(30)32-2/h3-13,21,28H,14H2,1-2H3. The molecular formula is C25H21NO7. The van der Waals surface area contributed by atoms with Gasteiger partial charge < -0.3 is 23.9 Å². The first-order chi connectivity index (χ1) is 15.9. The largest absolute Gasteiger partial charge is 0.503 e. The lowest BCUT2D eigenvalue weighted by Gasteiger charge is -2.27. The average Bonchev–Trinajstić information content (AvgIpc) is 3.47. The first-order valence-electron chi connectivity index (χ1n) is 10.1. The van der Waals surface area contributed by atoms with Crippen LogP contribution in [0, 0.1) is 0 Å².